The molecule has 0 aromatic carbocycles. The molecule has 0 spiro atoms. The van der Waals surface area contributed by atoms with Crippen molar-refractivity contribution in [1.29, 1.82) is 0 Å². The lowest BCUT2D eigenvalue weighted by atomic mass is 10.3. The second-order valence-corrected chi connectivity index (χ2v) is 4.96. The van der Waals surface area contributed by atoms with Crippen LogP contribution in [0.2, 0.25) is 0 Å². The van der Waals surface area contributed by atoms with Gasteiger partial charge in [0.25, 0.3) is 0 Å². The average molecular weight is 287 g/mol. The monoisotopic (exact) mass is 286 g/mol. The molecular weight excluding hydrogens is 272 g/mol. The highest BCUT2D eigenvalue weighted by Crippen LogP contribution is 2.07. The Hall–Kier alpha value is -0.880. The summed E-state index contributed by atoms with van der Waals surface area (Å²) in [6.07, 6.45) is 3.51. The maximum Gasteiger partial charge on any atom is 0.244 e. The number of carbonyl (C=O) groups is 1. The fourth-order valence-corrected chi connectivity index (χ4v) is 2.05. The summed E-state index contributed by atoms with van der Waals surface area (Å²) in [6, 6.07) is 0. The van der Waals surface area contributed by atoms with Crippen LogP contribution in [-0.4, -0.2) is 58.7 Å². The Morgan fingerprint density at radius 3 is 2.69 bits per heavy atom. The van der Waals surface area contributed by atoms with Gasteiger partial charge < -0.3 is 9.80 Å². The highest BCUT2D eigenvalue weighted by atomic mass is 79.9. The summed E-state index contributed by atoms with van der Waals surface area (Å²) in [5.74, 6) is 0.142. The average Bonchev–Trinajstić information content (AvgIpc) is 2.65. The molecule has 16 heavy (non-hydrogen) atoms. The Bertz CT molecular complexity index is 371. The van der Waals surface area contributed by atoms with Crippen molar-refractivity contribution >= 4 is 21.8 Å². The Labute approximate surface area is 103 Å². The van der Waals surface area contributed by atoms with E-state index in [9.17, 15) is 4.79 Å². The molecule has 0 N–H and O–H groups in total. The zero-order chi connectivity index (χ0) is 11.5. The number of hydrogen-bond acceptors (Lipinski definition) is 3. The van der Waals surface area contributed by atoms with Gasteiger partial charge in [0.05, 0.1) is 10.7 Å². The normalized spacial score (nSPS) is 17.8. The van der Waals surface area contributed by atoms with Gasteiger partial charge >= 0.3 is 0 Å². The molecule has 0 radical (unpaired) electrons. The third-order valence-corrected chi connectivity index (χ3v) is 3.16. The van der Waals surface area contributed by atoms with Crippen LogP contribution >= 0.6 is 15.9 Å². The first-order chi connectivity index (χ1) is 7.65. The van der Waals surface area contributed by atoms with Crippen LogP contribution in [0.25, 0.3) is 0 Å². The number of amides is 1. The van der Waals surface area contributed by atoms with Crippen molar-refractivity contribution in [2.45, 2.75) is 6.54 Å². The minimum atomic E-state index is 0.142. The van der Waals surface area contributed by atoms with Crippen molar-refractivity contribution in [3.05, 3.63) is 16.9 Å². The number of hydrogen-bond donors (Lipinski definition) is 0. The highest BCUT2D eigenvalue weighted by molar-refractivity contribution is 9.10. The van der Waals surface area contributed by atoms with Gasteiger partial charge in [-0.25, -0.2) is 0 Å². The summed E-state index contributed by atoms with van der Waals surface area (Å²) in [4.78, 5) is 16.0. The molecule has 1 aliphatic heterocycles. The van der Waals surface area contributed by atoms with E-state index in [4.69, 9.17) is 0 Å². The first kappa shape index (κ1) is 11.6. The molecule has 5 nitrogen and oxygen atoms in total. The van der Waals surface area contributed by atoms with Gasteiger partial charge in [-0.3, -0.25) is 9.48 Å². The summed E-state index contributed by atoms with van der Waals surface area (Å²) in [5, 5.41) is 4.08. The number of nitrogens with zero attached hydrogens (tertiary/aromatic N) is 4. The van der Waals surface area contributed by atoms with Crippen LogP contribution in [-0.2, 0) is 11.3 Å². The predicted octanol–water partition coefficient (Wildman–Crippen LogP) is 0.420. The van der Waals surface area contributed by atoms with Gasteiger partial charge in [0.1, 0.15) is 6.54 Å². The second kappa shape index (κ2) is 4.97. The fraction of sp³-hybridized carbons (Fsp3) is 0.600. The minimum absolute atomic E-state index is 0.142. The molecule has 0 aliphatic carbocycles. The standard InChI is InChI=1S/C10H15BrN4O/c1-13-2-4-14(5-3-13)10(16)8-15-7-9(11)6-12-15/h6-7H,2-5,8H2,1H3. The summed E-state index contributed by atoms with van der Waals surface area (Å²) in [6.45, 7) is 3.87. The fourth-order valence-electron chi connectivity index (χ4n) is 1.72. The molecule has 6 heteroatoms. The lowest BCUT2D eigenvalue weighted by molar-refractivity contribution is -0.133. The van der Waals surface area contributed by atoms with Crippen molar-refractivity contribution in [2.75, 3.05) is 33.2 Å². The van der Waals surface area contributed by atoms with Crippen molar-refractivity contribution in [3.8, 4) is 0 Å². The Morgan fingerprint density at radius 2 is 2.12 bits per heavy atom. The van der Waals surface area contributed by atoms with Crippen LogP contribution in [0.4, 0.5) is 0 Å². The van der Waals surface area contributed by atoms with E-state index in [2.05, 4.69) is 33.0 Å². The van der Waals surface area contributed by atoms with Crippen molar-refractivity contribution < 1.29 is 4.79 Å². The molecule has 2 rings (SSSR count). The highest BCUT2D eigenvalue weighted by Gasteiger charge is 2.19. The molecule has 1 saturated heterocycles. The van der Waals surface area contributed by atoms with E-state index in [0.29, 0.717) is 6.54 Å². The van der Waals surface area contributed by atoms with Gasteiger partial charge in [-0.2, -0.15) is 5.10 Å². The van der Waals surface area contributed by atoms with Gasteiger partial charge in [0.15, 0.2) is 0 Å². The third-order valence-electron chi connectivity index (χ3n) is 2.75. The number of halogens is 1. The molecule has 0 unspecified atom stereocenters. The van der Waals surface area contributed by atoms with E-state index in [1.165, 1.54) is 0 Å². The first-order valence-electron chi connectivity index (χ1n) is 5.29. The molecule has 0 saturated carbocycles. The zero-order valence-corrected chi connectivity index (χ0v) is 10.9. The maximum absolute atomic E-state index is 11.9. The summed E-state index contributed by atoms with van der Waals surface area (Å²) in [7, 11) is 2.08. The summed E-state index contributed by atoms with van der Waals surface area (Å²) >= 11 is 3.31. The molecule has 1 amide bonds. The Kier molecular flexibility index (Phi) is 3.60. The maximum atomic E-state index is 11.9. The van der Waals surface area contributed by atoms with E-state index in [0.717, 1.165) is 30.7 Å². The third kappa shape index (κ3) is 2.82. The second-order valence-electron chi connectivity index (χ2n) is 4.04. The van der Waals surface area contributed by atoms with Gasteiger partial charge in [0, 0.05) is 32.4 Å². The number of carbonyl (C=O) groups excluding carboxylic acids is 1. The molecule has 2 heterocycles. The molecular formula is C10H15BrN4O. The van der Waals surface area contributed by atoms with Crippen molar-refractivity contribution in [2.24, 2.45) is 0 Å². The molecule has 1 aliphatic rings. The van der Waals surface area contributed by atoms with Crippen LogP contribution in [0.15, 0.2) is 16.9 Å². The molecule has 88 valence electrons. The largest absolute Gasteiger partial charge is 0.339 e. The van der Waals surface area contributed by atoms with Gasteiger partial charge in [0.2, 0.25) is 5.91 Å². The van der Waals surface area contributed by atoms with Gasteiger partial charge in [-0.05, 0) is 23.0 Å². The quantitative estimate of drug-likeness (QED) is 0.791. The molecule has 1 fully saturated rings. The van der Waals surface area contributed by atoms with Crippen LogP contribution in [0.5, 0.6) is 0 Å². The van der Waals surface area contributed by atoms with Crippen LogP contribution in [0.3, 0.4) is 0 Å². The number of aromatic nitrogens is 2. The number of piperazine rings is 1. The van der Waals surface area contributed by atoms with Crippen molar-refractivity contribution in [3.63, 3.8) is 0 Å². The summed E-state index contributed by atoms with van der Waals surface area (Å²) < 4.78 is 2.56. The molecule has 0 atom stereocenters. The topological polar surface area (TPSA) is 41.4 Å². The van der Waals surface area contributed by atoms with E-state index >= 15 is 0 Å². The van der Waals surface area contributed by atoms with Crippen LogP contribution in [0, 0.1) is 0 Å². The van der Waals surface area contributed by atoms with Gasteiger partial charge in [-0.1, -0.05) is 0 Å². The zero-order valence-electron chi connectivity index (χ0n) is 9.27. The van der Waals surface area contributed by atoms with Crippen LogP contribution in [0.1, 0.15) is 0 Å². The SMILES string of the molecule is CN1CCN(C(=O)Cn2cc(Br)cn2)CC1. The Balaban J connectivity index is 1.88. The Morgan fingerprint density at radius 1 is 1.44 bits per heavy atom. The molecule has 1 aromatic heterocycles. The van der Waals surface area contributed by atoms with E-state index < -0.39 is 0 Å². The smallest absolute Gasteiger partial charge is 0.244 e. The van der Waals surface area contributed by atoms with E-state index in [-0.39, 0.29) is 5.91 Å². The van der Waals surface area contributed by atoms with E-state index in [1.54, 1.807) is 10.9 Å². The van der Waals surface area contributed by atoms with E-state index in [1.807, 2.05) is 11.1 Å². The predicted molar refractivity (Wildman–Crippen MR) is 64.0 cm³/mol. The molecule has 0 bridgehead atoms. The number of rotatable bonds is 2. The van der Waals surface area contributed by atoms with Gasteiger partial charge in [-0.15, -0.1) is 0 Å². The first-order valence-corrected chi connectivity index (χ1v) is 6.09. The minimum Gasteiger partial charge on any atom is -0.339 e. The molecule has 1 aromatic rings. The van der Waals surface area contributed by atoms with Crippen molar-refractivity contribution in [1.82, 2.24) is 19.6 Å². The lowest BCUT2D eigenvalue weighted by Crippen LogP contribution is -2.48. The lowest BCUT2D eigenvalue weighted by Gasteiger charge is -2.32. The number of likely N-dealkylation sites (N-methyl/N-ethyl adjacent to an activating group) is 1. The van der Waals surface area contributed by atoms with Crippen LogP contribution < -0.4 is 0 Å². The summed E-state index contributed by atoms with van der Waals surface area (Å²) in [5.41, 5.74) is 0.